The first kappa shape index (κ1) is 10.4. The molecular weight excluding hydrogens is 206 g/mol. The highest BCUT2D eigenvalue weighted by atomic mass is 16.1. The van der Waals surface area contributed by atoms with Crippen molar-refractivity contribution in [2.24, 2.45) is 0 Å². The van der Waals surface area contributed by atoms with E-state index < -0.39 is 0 Å². The third-order valence-electron chi connectivity index (χ3n) is 2.20. The SMILES string of the molecule is CCn1ncnc1CC(=O)c1cncnc1. The lowest BCUT2D eigenvalue weighted by Gasteiger charge is -2.01. The minimum Gasteiger partial charge on any atom is -0.294 e. The van der Waals surface area contributed by atoms with Gasteiger partial charge in [-0.3, -0.25) is 4.79 Å². The molecule has 2 rings (SSSR count). The molecule has 0 aliphatic carbocycles. The van der Waals surface area contributed by atoms with Gasteiger partial charge in [0.1, 0.15) is 18.5 Å². The molecule has 0 unspecified atom stereocenters. The Morgan fingerprint density at radius 3 is 2.75 bits per heavy atom. The average Bonchev–Trinajstić information content (AvgIpc) is 2.77. The van der Waals surface area contributed by atoms with Gasteiger partial charge in [-0.25, -0.2) is 19.6 Å². The zero-order valence-electron chi connectivity index (χ0n) is 8.87. The summed E-state index contributed by atoms with van der Waals surface area (Å²) in [5.41, 5.74) is 0.494. The predicted molar refractivity (Wildman–Crippen MR) is 55.8 cm³/mol. The number of hydrogen-bond acceptors (Lipinski definition) is 5. The number of aromatic nitrogens is 5. The van der Waals surface area contributed by atoms with E-state index in [1.54, 1.807) is 4.68 Å². The van der Waals surface area contributed by atoms with Crippen molar-refractivity contribution in [3.05, 3.63) is 36.4 Å². The molecule has 0 fully saturated rings. The third kappa shape index (κ3) is 2.10. The Morgan fingerprint density at radius 2 is 2.06 bits per heavy atom. The fourth-order valence-electron chi connectivity index (χ4n) is 1.38. The molecule has 2 aromatic rings. The summed E-state index contributed by atoms with van der Waals surface area (Å²) in [7, 11) is 0. The number of hydrogen-bond donors (Lipinski definition) is 0. The van der Waals surface area contributed by atoms with Gasteiger partial charge in [-0.2, -0.15) is 5.10 Å². The lowest BCUT2D eigenvalue weighted by Crippen LogP contribution is -2.11. The van der Waals surface area contributed by atoms with Crippen LogP contribution in [0.15, 0.2) is 25.0 Å². The molecule has 0 aliphatic rings. The summed E-state index contributed by atoms with van der Waals surface area (Å²) in [4.78, 5) is 23.5. The van der Waals surface area contributed by atoms with E-state index in [4.69, 9.17) is 0 Å². The second-order valence-electron chi connectivity index (χ2n) is 3.22. The standard InChI is InChI=1S/C10H11N5O/c1-2-15-10(13-7-14-15)3-9(16)8-4-11-6-12-5-8/h4-7H,2-3H2,1H3. The Hall–Kier alpha value is -2.11. The van der Waals surface area contributed by atoms with Crippen LogP contribution in [0.1, 0.15) is 23.1 Å². The van der Waals surface area contributed by atoms with Crippen molar-refractivity contribution in [2.45, 2.75) is 19.9 Å². The Balaban J connectivity index is 2.14. The number of nitrogens with zero attached hydrogens (tertiary/aromatic N) is 5. The van der Waals surface area contributed by atoms with Gasteiger partial charge in [-0.05, 0) is 6.92 Å². The zero-order chi connectivity index (χ0) is 11.4. The molecule has 0 N–H and O–H groups in total. The van der Waals surface area contributed by atoms with Crippen LogP contribution in [0.3, 0.4) is 0 Å². The van der Waals surface area contributed by atoms with Crippen molar-refractivity contribution in [1.29, 1.82) is 0 Å². The Morgan fingerprint density at radius 1 is 1.31 bits per heavy atom. The Labute approximate surface area is 92.4 Å². The molecule has 82 valence electrons. The normalized spacial score (nSPS) is 10.3. The van der Waals surface area contributed by atoms with Gasteiger partial charge in [0.25, 0.3) is 0 Å². The zero-order valence-corrected chi connectivity index (χ0v) is 8.87. The summed E-state index contributed by atoms with van der Waals surface area (Å²) < 4.78 is 1.70. The fourth-order valence-corrected chi connectivity index (χ4v) is 1.38. The predicted octanol–water partition coefficient (Wildman–Crippen LogP) is 0.513. The smallest absolute Gasteiger partial charge is 0.173 e. The summed E-state index contributed by atoms with van der Waals surface area (Å²) in [6.45, 7) is 2.65. The van der Waals surface area contributed by atoms with E-state index in [0.717, 1.165) is 0 Å². The second kappa shape index (κ2) is 4.61. The summed E-state index contributed by atoms with van der Waals surface area (Å²) in [6, 6.07) is 0. The van der Waals surface area contributed by atoms with E-state index in [2.05, 4.69) is 20.1 Å². The maximum Gasteiger partial charge on any atom is 0.173 e. The van der Waals surface area contributed by atoms with E-state index >= 15 is 0 Å². The summed E-state index contributed by atoms with van der Waals surface area (Å²) in [6.07, 6.45) is 6.07. The van der Waals surface area contributed by atoms with Gasteiger partial charge in [0.2, 0.25) is 0 Å². The number of Topliss-reactive ketones (excluding diaryl/α,β-unsaturated/α-hetero) is 1. The van der Waals surface area contributed by atoms with Gasteiger partial charge in [0.05, 0.1) is 12.0 Å². The first-order valence-corrected chi connectivity index (χ1v) is 4.96. The van der Waals surface area contributed by atoms with Crippen molar-refractivity contribution in [3.8, 4) is 0 Å². The number of ketones is 1. The highest BCUT2D eigenvalue weighted by molar-refractivity contribution is 5.96. The molecule has 0 aromatic carbocycles. The van der Waals surface area contributed by atoms with E-state index in [9.17, 15) is 4.79 Å². The van der Waals surface area contributed by atoms with Gasteiger partial charge in [-0.1, -0.05) is 0 Å². The molecule has 16 heavy (non-hydrogen) atoms. The molecule has 0 saturated carbocycles. The molecule has 0 amide bonds. The molecule has 0 atom stereocenters. The topological polar surface area (TPSA) is 73.6 Å². The molecule has 0 aliphatic heterocycles. The third-order valence-corrected chi connectivity index (χ3v) is 2.20. The Kier molecular flexibility index (Phi) is 3.00. The second-order valence-corrected chi connectivity index (χ2v) is 3.22. The van der Waals surface area contributed by atoms with Crippen LogP contribution in [0.2, 0.25) is 0 Å². The minimum atomic E-state index is -0.0525. The van der Waals surface area contributed by atoms with Crippen molar-refractivity contribution in [1.82, 2.24) is 24.7 Å². The molecule has 0 saturated heterocycles. The van der Waals surface area contributed by atoms with Gasteiger partial charge in [0.15, 0.2) is 5.78 Å². The lowest BCUT2D eigenvalue weighted by atomic mass is 10.1. The van der Waals surface area contributed by atoms with Crippen LogP contribution >= 0.6 is 0 Å². The summed E-state index contributed by atoms with van der Waals surface area (Å²) in [5.74, 6) is 0.611. The molecule has 0 radical (unpaired) electrons. The first-order valence-electron chi connectivity index (χ1n) is 4.96. The molecule has 2 heterocycles. The van der Waals surface area contributed by atoms with Crippen LogP contribution in [0.4, 0.5) is 0 Å². The number of carbonyl (C=O) groups excluding carboxylic acids is 1. The molecular formula is C10H11N5O. The molecule has 6 heteroatoms. The van der Waals surface area contributed by atoms with E-state index in [-0.39, 0.29) is 12.2 Å². The van der Waals surface area contributed by atoms with Crippen LogP contribution in [-0.2, 0) is 13.0 Å². The van der Waals surface area contributed by atoms with Gasteiger partial charge in [0, 0.05) is 18.9 Å². The van der Waals surface area contributed by atoms with Crippen molar-refractivity contribution < 1.29 is 4.79 Å². The highest BCUT2D eigenvalue weighted by Gasteiger charge is 2.11. The average molecular weight is 217 g/mol. The largest absolute Gasteiger partial charge is 0.294 e. The van der Waals surface area contributed by atoms with E-state index in [1.807, 2.05) is 6.92 Å². The highest BCUT2D eigenvalue weighted by Crippen LogP contribution is 2.02. The van der Waals surface area contributed by atoms with Crippen LogP contribution in [0.5, 0.6) is 0 Å². The van der Waals surface area contributed by atoms with Gasteiger partial charge >= 0.3 is 0 Å². The maximum absolute atomic E-state index is 11.8. The quantitative estimate of drug-likeness (QED) is 0.698. The summed E-state index contributed by atoms with van der Waals surface area (Å²) in [5, 5.41) is 4.00. The van der Waals surface area contributed by atoms with Gasteiger partial charge in [-0.15, -0.1) is 0 Å². The minimum absolute atomic E-state index is 0.0525. The first-order chi connectivity index (χ1) is 7.81. The van der Waals surface area contributed by atoms with Crippen molar-refractivity contribution in [2.75, 3.05) is 0 Å². The van der Waals surface area contributed by atoms with E-state index in [0.29, 0.717) is 17.9 Å². The number of carbonyl (C=O) groups is 1. The van der Waals surface area contributed by atoms with Crippen LogP contribution < -0.4 is 0 Å². The van der Waals surface area contributed by atoms with Gasteiger partial charge < -0.3 is 0 Å². The van der Waals surface area contributed by atoms with Crippen molar-refractivity contribution >= 4 is 5.78 Å². The van der Waals surface area contributed by atoms with Crippen LogP contribution in [0, 0.1) is 0 Å². The Bertz CT molecular complexity index is 479. The van der Waals surface area contributed by atoms with Crippen LogP contribution in [0.25, 0.3) is 0 Å². The lowest BCUT2D eigenvalue weighted by molar-refractivity contribution is 0.0988. The van der Waals surface area contributed by atoms with Crippen molar-refractivity contribution in [3.63, 3.8) is 0 Å². The number of rotatable bonds is 4. The molecule has 0 bridgehead atoms. The van der Waals surface area contributed by atoms with Crippen LogP contribution in [-0.4, -0.2) is 30.5 Å². The number of aryl methyl sites for hydroxylation is 1. The molecule has 2 aromatic heterocycles. The fraction of sp³-hybridized carbons (Fsp3) is 0.300. The van der Waals surface area contributed by atoms with E-state index in [1.165, 1.54) is 25.0 Å². The molecule has 0 spiro atoms. The summed E-state index contributed by atoms with van der Waals surface area (Å²) >= 11 is 0. The maximum atomic E-state index is 11.8. The monoisotopic (exact) mass is 217 g/mol. The molecule has 6 nitrogen and oxygen atoms in total.